The van der Waals surface area contributed by atoms with E-state index in [2.05, 4.69) is 55.5 Å². The maximum Gasteiger partial charge on any atom is 0.117 e. The van der Waals surface area contributed by atoms with E-state index < -0.39 is 0 Å². The number of halogens is 1. The summed E-state index contributed by atoms with van der Waals surface area (Å²) in [5, 5.41) is 1.74. The van der Waals surface area contributed by atoms with Crippen LogP contribution in [-0.2, 0) is 19.9 Å². The zero-order valence-electron chi connectivity index (χ0n) is 11.8. The predicted molar refractivity (Wildman–Crippen MR) is 85.4 cm³/mol. The maximum atomic E-state index is 6.17. The van der Waals surface area contributed by atoms with Crippen LogP contribution in [0.15, 0.2) is 42.5 Å². The molecule has 2 aromatic carbocycles. The Labute approximate surface area is 124 Å². The van der Waals surface area contributed by atoms with Gasteiger partial charge < -0.3 is 4.57 Å². The van der Waals surface area contributed by atoms with Gasteiger partial charge in [0.25, 0.3) is 0 Å². The Morgan fingerprint density at radius 2 is 1.75 bits per heavy atom. The number of aryl methyl sites for hydroxylation is 2. The number of para-hydroxylation sites is 1. The summed E-state index contributed by atoms with van der Waals surface area (Å²) in [4.78, 5) is 0. The number of hydrogen-bond donors (Lipinski definition) is 0. The van der Waals surface area contributed by atoms with Crippen LogP contribution >= 0.6 is 11.6 Å². The second-order valence-corrected chi connectivity index (χ2v) is 5.49. The van der Waals surface area contributed by atoms with Crippen molar-refractivity contribution in [3.8, 4) is 0 Å². The lowest BCUT2D eigenvalue weighted by atomic mass is 10.0. The van der Waals surface area contributed by atoms with E-state index in [1.54, 1.807) is 0 Å². The minimum Gasteiger partial charge on any atom is -0.334 e. The van der Waals surface area contributed by atoms with E-state index in [9.17, 15) is 0 Å². The van der Waals surface area contributed by atoms with Crippen LogP contribution in [0.4, 0.5) is 0 Å². The molecule has 0 amide bonds. The minimum atomic E-state index is 0.661. The van der Waals surface area contributed by atoms with Crippen LogP contribution in [0, 0.1) is 6.07 Å². The SMILES string of the molecule is CCc1ccc(Cc2cccc3[c]c(Cl)n(C)c23)cc1. The van der Waals surface area contributed by atoms with Gasteiger partial charge in [0, 0.05) is 18.5 Å². The van der Waals surface area contributed by atoms with Crippen LogP contribution in [0.5, 0.6) is 0 Å². The second kappa shape index (κ2) is 5.34. The lowest BCUT2D eigenvalue weighted by molar-refractivity contribution is 0.958. The van der Waals surface area contributed by atoms with Gasteiger partial charge in [0.1, 0.15) is 5.15 Å². The Kier molecular flexibility index (Phi) is 3.54. The summed E-state index contributed by atoms with van der Waals surface area (Å²) in [5.41, 5.74) is 5.17. The average Bonchev–Trinajstić information content (AvgIpc) is 2.76. The standard InChI is InChI=1S/C18H17ClN/c1-3-13-7-9-14(10-8-13)11-15-5-4-6-16-12-17(19)20(2)18(15)16/h4-10H,3,11H2,1-2H3. The lowest BCUT2D eigenvalue weighted by Gasteiger charge is -2.07. The molecule has 1 nitrogen and oxygen atoms in total. The van der Waals surface area contributed by atoms with Crippen LogP contribution in [0.1, 0.15) is 23.6 Å². The van der Waals surface area contributed by atoms with E-state index in [0.29, 0.717) is 5.15 Å². The fraction of sp³-hybridized carbons (Fsp3) is 0.222. The van der Waals surface area contributed by atoms with E-state index in [1.165, 1.54) is 22.2 Å². The maximum absolute atomic E-state index is 6.17. The molecule has 0 fully saturated rings. The zero-order valence-corrected chi connectivity index (χ0v) is 12.5. The van der Waals surface area contributed by atoms with Gasteiger partial charge in [-0.15, -0.1) is 0 Å². The molecule has 0 atom stereocenters. The summed E-state index contributed by atoms with van der Waals surface area (Å²) >= 11 is 6.17. The third-order valence-corrected chi connectivity index (χ3v) is 4.16. The molecule has 0 aliphatic rings. The normalized spacial score (nSPS) is 11.2. The summed E-state index contributed by atoms with van der Waals surface area (Å²) < 4.78 is 2.01. The minimum absolute atomic E-state index is 0.661. The molecule has 0 aliphatic heterocycles. The van der Waals surface area contributed by atoms with Gasteiger partial charge in [-0.3, -0.25) is 0 Å². The van der Waals surface area contributed by atoms with Crippen molar-refractivity contribution in [2.45, 2.75) is 19.8 Å². The van der Waals surface area contributed by atoms with Crippen molar-refractivity contribution >= 4 is 22.5 Å². The first-order valence-corrected chi connectivity index (χ1v) is 7.29. The molecule has 1 heterocycles. The first-order valence-electron chi connectivity index (χ1n) is 6.92. The topological polar surface area (TPSA) is 4.93 Å². The van der Waals surface area contributed by atoms with Crippen LogP contribution in [0.3, 0.4) is 0 Å². The van der Waals surface area contributed by atoms with Crippen molar-refractivity contribution in [2.24, 2.45) is 7.05 Å². The van der Waals surface area contributed by atoms with Crippen molar-refractivity contribution in [1.82, 2.24) is 4.57 Å². The Morgan fingerprint density at radius 3 is 2.45 bits per heavy atom. The quantitative estimate of drug-likeness (QED) is 0.651. The summed E-state index contributed by atoms with van der Waals surface area (Å²) in [6.07, 6.45) is 2.00. The second-order valence-electron chi connectivity index (χ2n) is 5.13. The average molecular weight is 283 g/mol. The van der Waals surface area contributed by atoms with Crippen molar-refractivity contribution in [2.75, 3.05) is 0 Å². The van der Waals surface area contributed by atoms with Gasteiger partial charge >= 0.3 is 0 Å². The number of nitrogens with zero attached hydrogens (tertiary/aromatic N) is 1. The van der Waals surface area contributed by atoms with E-state index in [1.807, 2.05) is 11.6 Å². The van der Waals surface area contributed by atoms with Gasteiger partial charge in [-0.25, -0.2) is 0 Å². The fourth-order valence-corrected chi connectivity index (χ4v) is 2.82. The number of hydrogen-bond acceptors (Lipinski definition) is 0. The van der Waals surface area contributed by atoms with E-state index in [4.69, 9.17) is 11.6 Å². The number of rotatable bonds is 3. The molecule has 20 heavy (non-hydrogen) atoms. The molecule has 0 N–H and O–H groups in total. The van der Waals surface area contributed by atoms with Gasteiger partial charge in [-0.05, 0) is 29.5 Å². The molecule has 0 unspecified atom stereocenters. The van der Waals surface area contributed by atoms with Crippen LogP contribution in [-0.4, -0.2) is 4.57 Å². The third kappa shape index (κ3) is 2.34. The van der Waals surface area contributed by atoms with Gasteiger partial charge in [0.2, 0.25) is 0 Å². The molecule has 3 rings (SSSR count). The monoisotopic (exact) mass is 282 g/mol. The lowest BCUT2D eigenvalue weighted by Crippen LogP contribution is -1.95. The molecule has 0 saturated heterocycles. The molecule has 1 radical (unpaired) electrons. The van der Waals surface area contributed by atoms with E-state index >= 15 is 0 Å². The first kappa shape index (κ1) is 13.3. The molecule has 0 spiro atoms. The molecule has 101 valence electrons. The number of benzene rings is 2. The highest BCUT2D eigenvalue weighted by atomic mass is 35.5. The summed E-state index contributed by atoms with van der Waals surface area (Å²) in [6, 6.07) is 18.3. The summed E-state index contributed by atoms with van der Waals surface area (Å²) in [5.74, 6) is 0. The van der Waals surface area contributed by atoms with Gasteiger partial charge in [-0.2, -0.15) is 0 Å². The molecule has 0 bridgehead atoms. The highest BCUT2D eigenvalue weighted by molar-refractivity contribution is 6.30. The Hall–Kier alpha value is -1.73. The third-order valence-electron chi connectivity index (χ3n) is 3.81. The van der Waals surface area contributed by atoms with Gasteiger partial charge in [-0.1, -0.05) is 61.0 Å². The molecule has 2 heteroatoms. The fourth-order valence-electron chi connectivity index (χ4n) is 2.64. The summed E-state index contributed by atoms with van der Waals surface area (Å²) in [6.45, 7) is 2.18. The Balaban J connectivity index is 2.01. The molecular weight excluding hydrogens is 266 g/mol. The Morgan fingerprint density at radius 1 is 1.05 bits per heavy atom. The van der Waals surface area contributed by atoms with Crippen LogP contribution in [0.2, 0.25) is 5.15 Å². The van der Waals surface area contributed by atoms with Crippen molar-refractivity contribution in [3.05, 3.63) is 70.4 Å². The van der Waals surface area contributed by atoms with Crippen LogP contribution in [0.25, 0.3) is 10.9 Å². The summed E-state index contributed by atoms with van der Waals surface area (Å²) in [7, 11) is 1.99. The highest BCUT2D eigenvalue weighted by Crippen LogP contribution is 2.26. The Bertz CT molecular complexity index is 738. The van der Waals surface area contributed by atoms with Crippen molar-refractivity contribution in [3.63, 3.8) is 0 Å². The van der Waals surface area contributed by atoms with Gasteiger partial charge in [0.05, 0.1) is 5.52 Å². The molecular formula is C18H17ClN. The molecule has 1 aromatic heterocycles. The molecule has 0 saturated carbocycles. The van der Waals surface area contributed by atoms with Crippen molar-refractivity contribution in [1.29, 1.82) is 0 Å². The number of aromatic nitrogens is 1. The molecule has 0 aliphatic carbocycles. The smallest absolute Gasteiger partial charge is 0.117 e. The van der Waals surface area contributed by atoms with Crippen LogP contribution < -0.4 is 0 Å². The highest BCUT2D eigenvalue weighted by Gasteiger charge is 2.09. The predicted octanol–water partition coefficient (Wildman–Crippen LogP) is 4.79. The number of fused-ring (bicyclic) bond motifs is 1. The van der Waals surface area contributed by atoms with Crippen molar-refractivity contribution < 1.29 is 0 Å². The molecule has 3 aromatic rings. The zero-order chi connectivity index (χ0) is 14.1. The first-order chi connectivity index (χ1) is 9.69. The largest absolute Gasteiger partial charge is 0.334 e. The van der Waals surface area contributed by atoms with E-state index in [0.717, 1.165) is 18.2 Å². The van der Waals surface area contributed by atoms with Gasteiger partial charge in [0.15, 0.2) is 0 Å². The van der Waals surface area contributed by atoms with E-state index in [-0.39, 0.29) is 0 Å².